The van der Waals surface area contributed by atoms with Crippen LogP contribution in [0, 0.1) is 5.92 Å². The number of hydrogen-bond acceptors (Lipinski definition) is 5. The predicted octanol–water partition coefficient (Wildman–Crippen LogP) is 2.08. The lowest BCUT2D eigenvalue weighted by Gasteiger charge is -2.33. The molecule has 1 aromatic heterocycles. The van der Waals surface area contributed by atoms with Gasteiger partial charge in [0, 0.05) is 32.6 Å². The van der Waals surface area contributed by atoms with E-state index in [9.17, 15) is 9.59 Å². The summed E-state index contributed by atoms with van der Waals surface area (Å²) in [5.74, 6) is 1.29. The van der Waals surface area contributed by atoms with Crippen LogP contribution in [0.4, 0.5) is 0 Å². The van der Waals surface area contributed by atoms with Crippen molar-refractivity contribution >= 4 is 11.8 Å². The molecule has 1 aliphatic heterocycles. The van der Waals surface area contributed by atoms with Crippen LogP contribution in [0.3, 0.4) is 0 Å². The summed E-state index contributed by atoms with van der Waals surface area (Å²) in [5.41, 5.74) is 0.987. The largest absolute Gasteiger partial charge is 0.497 e. The SMILES string of the molecule is COc1cccc(CN2CC(C(=O)N(C)Cc3ccno3)CCC2=O)c1. The summed E-state index contributed by atoms with van der Waals surface area (Å²) in [7, 11) is 3.36. The normalized spacial score (nSPS) is 17.2. The van der Waals surface area contributed by atoms with E-state index in [1.54, 1.807) is 36.2 Å². The number of methoxy groups -OCH3 is 1. The second-order valence-electron chi connectivity index (χ2n) is 6.53. The standard InChI is InChI=1S/C19H23N3O4/c1-21(13-17-8-9-20-26-17)19(24)15-6-7-18(23)22(12-15)11-14-4-3-5-16(10-14)25-2/h3-5,8-10,15H,6-7,11-13H2,1-2H3. The average molecular weight is 357 g/mol. The predicted molar refractivity (Wildman–Crippen MR) is 94.1 cm³/mol. The maximum absolute atomic E-state index is 12.7. The van der Waals surface area contributed by atoms with Gasteiger partial charge in [-0.1, -0.05) is 17.3 Å². The smallest absolute Gasteiger partial charge is 0.227 e. The van der Waals surface area contributed by atoms with E-state index >= 15 is 0 Å². The Morgan fingerprint density at radius 2 is 2.27 bits per heavy atom. The number of piperidine rings is 1. The van der Waals surface area contributed by atoms with Crippen LogP contribution in [-0.4, -0.2) is 47.5 Å². The Labute approximate surface area is 152 Å². The molecule has 2 aromatic rings. The van der Waals surface area contributed by atoms with E-state index < -0.39 is 0 Å². The highest BCUT2D eigenvalue weighted by Gasteiger charge is 2.32. The summed E-state index contributed by atoms with van der Waals surface area (Å²) in [4.78, 5) is 28.4. The quantitative estimate of drug-likeness (QED) is 0.791. The van der Waals surface area contributed by atoms with Crippen LogP contribution in [0.1, 0.15) is 24.2 Å². The van der Waals surface area contributed by atoms with Crippen molar-refractivity contribution in [3.05, 3.63) is 47.9 Å². The Hall–Kier alpha value is -2.83. The molecule has 1 aromatic carbocycles. The van der Waals surface area contributed by atoms with Crippen LogP contribution in [0.2, 0.25) is 0 Å². The highest BCUT2D eigenvalue weighted by Crippen LogP contribution is 2.23. The monoisotopic (exact) mass is 357 g/mol. The molecule has 138 valence electrons. The summed E-state index contributed by atoms with van der Waals surface area (Å²) in [6.45, 7) is 1.28. The van der Waals surface area contributed by atoms with Crippen LogP contribution < -0.4 is 4.74 Å². The van der Waals surface area contributed by atoms with Gasteiger partial charge in [-0.2, -0.15) is 0 Å². The van der Waals surface area contributed by atoms with Crippen molar-refractivity contribution in [3.63, 3.8) is 0 Å². The van der Waals surface area contributed by atoms with Crippen LogP contribution in [0.5, 0.6) is 5.75 Å². The van der Waals surface area contributed by atoms with E-state index in [0.29, 0.717) is 38.2 Å². The lowest BCUT2D eigenvalue weighted by molar-refractivity contribution is -0.143. The van der Waals surface area contributed by atoms with Crippen LogP contribution >= 0.6 is 0 Å². The molecule has 0 aliphatic carbocycles. The molecule has 1 saturated heterocycles. The molecule has 2 heterocycles. The van der Waals surface area contributed by atoms with Gasteiger partial charge in [-0.05, 0) is 24.1 Å². The molecule has 1 atom stereocenters. The number of likely N-dealkylation sites (tertiary alicyclic amines) is 1. The molecule has 1 unspecified atom stereocenters. The van der Waals surface area contributed by atoms with Gasteiger partial charge in [0.05, 0.1) is 25.8 Å². The number of carbonyl (C=O) groups excluding carboxylic acids is 2. The fourth-order valence-electron chi connectivity index (χ4n) is 3.21. The number of nitrogens with zero attached hydrogens (tertiary/aromatic N) is 3. The molecule has 3 rings (SSSR count). The minimum atomic E-state index is -0.203. The Bertz CT molecular complexity index is 760. The maximum atomic E-state index is 12.7. The molecule has 26 heavy (non-hydrogen) atoms. The van der Waals surface area contributed by atoms with Gasteiger partial charge in [-0.3, -0.25) is 9.59 Å². The van der Waals surface area contributed by atoms with E-state index in [-0.39, 0.29) is 17.7 Å². The molecule has 2 amide bonds. The Morgan fingerprint density at radius 3 is 3.00 bits per heavy atom. The number of ether oxygens (including phenoxy) is 1. The minimum absolute atomic E-state index is 0.0181. The number of aromatic nitrogens is 1. The van der Waals surface area contributed by atoms with Gasteiger partial charge in [-0.15, -0.1) is 0 Å². The maximum Gasteiger partial charge on any atom is 0.227 e. The van der Waals surface area contributed by atoms with E-state index in [2.05, 4.69) is 5.16 Å². The molecular weight excluding hydrogens is 334 g/mol. The lowest BCUT2D eigenvalue weighted by atomic mass is 9.95. The molecule has 0 bridgehead atoms. The zero-order chi connectivity index (χ0) is 18.5. The summed E-state index contributed by atoms with van der Waals surface area (Å²) in [6.07, 6.45) is 2.52. The summed E-state index contributed by atoms with van der Waals surface area (Å²) in [6, 6.07) is 9.37. The second kappa shape index (κ2) is 8.03. The van der Waals surface area contributed by atoms with Gasteiger partial charge < -0.3 is 19.1 Å². The van der Waals surface area contributed by atoms with E-state index in [1.807, 2.05) is 24.3 Å². The number of hydrogen-bond donors (Lipinski definition) is 0. The fraction of sp³-hybridized carbons (Fsp3) is 0.421. The topological polar surface area (TPSA) is 75.9 Å². The first-order valence-electron chi connectivity index (χ1n) is 8.62. The van der Waals surface area contributed by atoms with Crippen LogP contribution in [0.25, 0.3) is 0 Å². The van der Waals surface area contributed by atoms with Crippen molar-refractivity contribution in [1.29, 1.82) is 0 Å². The first-order valence-corrected chi connectivity index (χ1v) is 8.62. The molecule has 0 spiro atoms. The number of benzene rings is 1. The average Bonchev–Trinajstić information content (AvgIpc) is 3.16. The zero-order valence-corrected chi connectivity index (χ0v) is 15.1. The summed E-state index contributed by atoms with van der Waals surface area (Å²) >= 11 is 0. The second-order valence-corrected chi connectivity index (χ2v) is 6.53. The molecule has 0 radical (unpaired) electrons. The van der Waals surface area contributed by atoms with Gasteiger partial charge in [-0.25, -0.2) is 0 Å². The Morgan fingerprint density at radius 1 is 1.42 bits per heavy atom. The van der Waals surface area contributed by atoms with Crippen molar-refractivity contribution in [2.75, 3.05) is 20.7 Å². The highest BCUT2D eigenvalue weighted by atomic mass is 16.5. The molecule has 1 fully saturated rings. The highest BCUT2D eigenvalue weighted by molar-refractivity contribution is 5.83. The van der Waals surface area contributed by atoms with Crippen molar-refractivity contribution in [1.82, 2.24) is 15.0 Å². The first kappa shape index (κ1) is 18.0. The van der Waals surface area contributed by atoms with Crippen molar-refractivity contribution < 1.29 is 18.8 Å². The molecule has 0 saturated carbocycles. The van der Waals surface area contributed by atoms with Gasteiger partial charge in [0.1, 0.15) is 5.75 Å². The first-order chi connectivity index (χ1) is 12.6. The van der Waals surface area contributed by atoms with E-state index in [0.717, 1.165) is 11.3 Å². The van der Waals surface area contributed by atoms with Crippen molar-refractivity contribution in [2.24, 2.45) is 5.92 Å². The zero-order valence-electron chi connectivity index (χ0n) is 15.1. The molecule has 0 N–H and O–H groups in total. The Balaban J connectivity index is 1.63. The number of rotatable bonds is 6. The molecular formula is C19H23N3O4. The summed E-state index contributed by atoms with van der Waals surface area (Å²) < 4.78 is 10.3. The van der Waals surface area contributed by atoms with Crippen molar-refractivity contribution in [3.8, 4) is 5.75 Å². The number of amides is 2. The van der Waals surface area contributed by atoms with Crippen LogP contribution in [0.15, 0.2) is 41.1 Å². The van der Waals surface area contributed by atoms with Gasteiger partial charge >= 0.3 is 0 Å². The van der Waals surface area contributed by atoms with Crippen LogP contribution in [-0.2, 0) is 22.7 Å². The van der Waals surface area contributed by atoms with Gasteiger partial charge in [0.15, 0.2) is 5.76 Å². The molecule has 7 nitrogen and oxygen atoms in total. The van der Waals surface area contributed by atoms with E-state index in [4.69, 9.17) is 9.26 Å². The third-order valence-electron chi connectivity index (χ3n) is 4.62. The summed E-state index contributed by atoms with van der Waals surface area (Å²) in [5, 5.41) is 3.65. The molecule has 1 aliphatic rings. The third-order valence-corrected chi connectivity index (χ3v) is 4.62. The third kappa shape index (κ3) is 4.22. The van der Waals surface area contributed by atoms with Gasteiger partial charge in [0.25, 0.3) is 0 Å². The van der Waals surface area contributed by atoms with Gasteiger partial charge in [0.2, 0.25) is 11.8 Å². The Kier molecular flexibility index (Phi) is 5.55. The minimum Gasteiger partial charge on any atom is -0.497 e. The number of carbonyl (C=O) groups is 2. The molecule has 7 heteroatoms. The van der Waals surface area contributed by atoms with Crippen molar-refractivity contribution in [2.45, 2.75) is 25.9 Å². The lowest BCUT2D eigenvalue weighted by Crippen LogP contribution is -2.45. The van der Waals surface area contributed by atoms with E-state index in [1.165, 1.54) is 0 Å². The fourth-order valence-corrected chi connectivity index (χ4v) is 3.21.